The zero-order valence-electron chi connectivity index (χ0n) is 8.06. The average molecular weight is 223 g/mol. The normalized spacial score (nSPS) is 10.7. The lowest BCUT2D eigenvalue weighted by molar-refractivity contribution is -0.133. The summed E-state index contributed by atoms with van der Waals surface area (Å²) in [5.74, 6) is -0.155. The number of hydrogen-bond donors (Lipinski definition) is 1. The van der Waals surface area contributed by atoms with Crippen LogP contribution in [0.2, 0.25) is 0 Å². The molecule has 1 aromatic heterocycles. The van der Waals surface area contributed by atoms with E-state index in [0.29, 0.717) is 11.5 Å². The van der Waals surface area contributed by atoms with Crippen molar-refractivity contribution in [1.29, 1.82) is 0 Å². The number of carboxylic acids is 1. The lowest BCUT2D eigenvalue weighted by atomic mass is 10.3. The SMILES string of the molecule is Cc1nc2ccc(SCC(=O)O)cc2o1. The number of nitrogens with zero attached hydrogens (tertiary/aromatic N) is 1. The smallest absolute Gasteiger partial charge is 0.313 e. The van der Waals surface area contributed by atoms with Gasteiger partial charge >= 0.3 is 5.97 Å². The molecule has 0 atom stereocenters. The van der Waals surface area contributed by atoms with E-state index in [1.807, 2.05) is 18.2 Å². The van der Waals surface area contributed by atoms with Crippen molar-refractivity contribution in [2.45, 2.75) is 11.8 Å². The summed E-state index contributed by atoms with van der Waals surface area (Å²) in [6, 6.07) is 5.48. The van der Waals surface area contributed by atoms with Crippen molar-refractivity contribution in [2.75, 3.05) is 5.75 Å². The van der Waals surface area contributed by atoms with E-state index in [1.54, 1.807) is 6.92 Å². The van der Waals surface area contributed by atoms with Crippen molar-refractivity contribution in [3.63, 3.8) is 0 Å². The molecule has 0 saturated heterocycles. The fourth-order valence-electron chi connectivity index (χ4n) is 1.26. The van der Waals surface area contributed by atoms with Gasteiger partial charge in [0.15, 0.2) is 11.5 Å². The third-order valence-electron chi connectivity index (χ3n) is 1.83. The third-order valence-corrected chi connectivity index (χ3v) is 2.81. The van der Waals surface area contributed by atoms with Crippen LogP contribution in [-0.2, 0) is 4.79 Å². The van der Waals surface area contributed by atoms with Gasteiger partial charge in [-0.15, -0.1) is 11.8 Å². The van der Waals surface area contributed by atoms with Gasteiger partial charge in [0, 0.05) is 11.8 Å². The minimum absolute atomic E-state index is 0.0542. The summed E-state index contributed by atoms with van der Waals surface area (Å²) in [6.07, 6.45) is 0. The highest BCUT2D eigenvalue weighted by atomic mass is 32.2. The van der Waals surface area contributed by atoms with Crippen molar-refractivity contribution in [3.8, 4) is 0 Å². The number of oxazole rings is 1. The molecule has 15 heavy (non-hydrogen) atoms. The Kier molecular flexibility index (Phi) is 2.64. The molecule has 1 aromatic carbocycles. The second-order valence-electron chi connectivity index (χ2n) is 3.04. The highest BCUT2D eigenvalue weighted by Gasteiger charge is 2.04. The van der Waals surface area contributed by atoms with Gasteiger partial charge < -0.3 is 9.52 Å². The highest BCUT2D eigenvalue weighted by Crippen LogP contribution is 2.23. The van der Waals surface area contributed by atoms with Crippen LogP contribution in [-0.4, -0.2) is 21.8 Å². The molecule has 0 unspecified atom stereocenters. The molecule has 0 spiro atoms. The molecule has 1 heterocycles. The van der Waals surface area contributed by atoms with E-state index in [0.717, 1.165) is 10.4 Å². The van der Waals surface area contributed by atoms with Crippen LogP contribution in [0.4, 0.5) is 0 Å². The molecule has 2 aromatic rings. The van der Waals surface area contributed by atoms with Crippen molar-refractivity contribution in [1.82, 2.24) is 4.98 Å². The first-order valence-corrected chi connectivity index (χ1v) is 5.35. The van der Waals surface area contributed by atoms with Gasteiger partial charge in [0.1, 0.15) is 5.52 Å². The summed E-state index contributed by atoms with van der Waals surface area (Å²) < 4.78 is 5.34. The van der Waals surface area contributed by atoms with Gasteiger partial charge in [-0.3, -0.25) is 4.79 Å². The molecule has 0 aliphatic rings. The Bertz CT molecular complexity index is 506. The third kappa shape index (κ3) is 2.30. The van der Waals surface area contributed by atoms with Crippen LogP contribution < -0.4 is 0 Å². The second-order valence-corrected chi connectivity index (χ2v) is 4.09. The number of aryl methyl sites for hydroxylation is 1. The highest BCUT2D eigenvalue weighted by molar-refractivity contribution is 8.00. The lowest BCUT2D eigenvalue weighted by Crippen LogP contribution is -1.97. The fraction of sp³-hybridized carbons (Fsp3) is 0.200. The molecule has 5 heteroatoms. The van der Waals surface area contributed by atoms with E-state index < -0.39 is 5.97 Å². The number of aliphatic carboxylic acids is 1. The summed E-state index contributed by atoms with van der Waals surface area (Å²) in [4.78, 5) is 15.4. The number of thioether (sulfide) groups is 1. The van der Waals surface area contributed by atoms with Gasteiger partial charge in [-0.2, -0.15) is 0 Å². The Hall–Kier alpha value is -1.49. The van der Waals surface area contributed by atoms with Gasteiger partial charge in [0.25, 0.3) is 0 Å². The number of carbonyl (C=O) groups is 1. The fourth-order valence-corrected chi connectivity index (χ4v) is 1.90. The van der Waals surface area contributed by atoms with E-state index in [9.17, 15) is 4.79 Å². The van der Waals surface area contributed by atoms with Crippen LogP contribution >= 0.6 is 11.8 Å². The molecule has 0 saturated carbocycles. The number of carboxylic acid groups (broad SMARTS) is 1. The number of fused-ring (bicyclic) bond motifs is 1. The van der Waals surface area contributed by atoms with Crippen LogP contribution in [0.5, 0.6) is 0 Å². The topological polar surface area (TPSA) is 63.3 Å². The Morgan fingerprint density at radius 2 is 2.40 bits per heavy atom. The molecule has 0 bridgehead atoms. The molecule has 2 rings (SSSR count). The maximum absolute atomic E-state index is 10.4. The molecule has 0 aliphatic carbocycles. The summed E-state index contributed by atoms with van der Waals surface area (Å²) in [5, 5.41) is 8.54. The predicted octanol–water partition coefficient (Wildman–Crippen LogP) is 2.31. The molecular formula is C10H9NO3S. The van der Waals surface area contributed by atoms with E-state index in [-0.39, 0.29) is 5.75 Å². The first kappa shape index (κ1) is 10.0. The summed E-state index contributed by atoms with van der Waals surface area (Å²) >= 11 is 1.27. The molecular weight excluding hydrogens is 214 g/mol. The Morgan fingerprint density at radius 3 is 3.13 bits per heavy atom. The van der Waals surface area contributed by atoms with Crippen LogP contribution in [0.15, 0.2) is 27.5 Å². The number of hydrogen-bond acceptors (Lipinski definition) is 4. The summed E-state index contributed by atoms with van der Waals surface area (Å²) in [6.45, 7) is 1.78. The summed E-state index contributed by atoms with van der Waals surface area (Å²) in [5.41, 5.74) is 1.50. The van der Waals surface area contributed by atoms with E-state index in [2.05, 4.69) is 4.98 Å². The summed E-state index contributed by atoms with van der Waals surface area (Å²) in [7, 11) is 0. The van der Waals surface area contributed by atoms with Crippen molar-refractivity contribution in [2.24, 2.45) is 0 Å². The maximum atomic E-state index is 10.4. The molecule has 0 amide bonds. The van der Waals surface area contributed by atoms with Crippen molar-refractivity contribution in [3.05, 3.63) is 24.1 Å². The average Bonchev–Trinajstić information content (AvgIpc) is 2.53. The monoisotopic (exact) mass is 223 g/mol. The standard InChI is InChI=1S/C10H9NO3S/c1-6-11-8-3-2-7(4-9(8)14-6)15-5-10(12)13/h2-4H,5H2,1H3,(H,12,13). The zero-order valence-corrected chi connectivity index (χ0v) is 8.87. The van der Waals surface area contributed by atoms with Crippen molar-refractivity contribution < 1.29 is 14.3 Å². The quantitative estimate of drug-likeness (QED) is 0.809. The minimum Gasteiger partial charge on any atom is -0.481 e. The largest absolute Gasteiger partial charge is 0.481 e. The van der Waals surface area contributed by atoms with E-state index in [4.69, 9.17) is 9.52 Å². The van der Waals surface area contributed by atoms with Crippen LogP contribution in [0, 0.1) is 6.92 Å². The minimum atomic E-state index is -0.825. The maximum Gasteiger partial charge on any atom is 0.313 e. The molecule has 4 nitrogen and oxygen atoms in total. The molecule has 1 N–H and O–H groups in total. The van der Waals surface area contributed by atoms with Gasteiger partial charge in [-0.25, -0.2) is 4.98 Å². The van der Waals surface area contributed by atoms with Crippen LogP contribution in [0.3, 0.4) is 0 Å². The van der Waals surface area contributed by atoms with Gasteiger partial charge in [0.2, 0.25) is 0 Å². The lowest BCUT2D eigenvalue weighted by Gasteiger charge is -1.96. The van der Waals surface area contributed by atoms with E-state index in [1.165, 1.54) is 11.8 Å². The van der Waals surface area contributed by atoms with Gasteiger partial charge in [0.05, 0.1) is 5.75 Å². The van der Waals surface area contributed by atoms with Crippen LogP contribution in [0.1, 0.15) is 5.89 Å². The Labute approximate surface area is 90.3 Å². The zero-order chi connectivity index (χ0) is 10.8. The molecule has 0 fully saturated rings. The van der Waals surface area contributed by atoms with Gasteiger partial charge in [-0.1, -0.05) is 0 Å². The van der Waals surface area contributed by atoms with Crippen molar-refractivity contribution >= 4 is 28.8 Å². The number of rotatable bonds is 3. The number of benzene rings is 1. The first-order chi connectivity index (χ1) is 7.15. The van der Waals surface area contributed by atoms with Crippen LogP contribution in [0.25, 0.3) is 11.1 Å². The first-order valence-electron chi connectivity index (χ1n) is 4.37. The molecule has 0 radical (unpaired) electrons. The number of aromatic nitrogens is 1. The predicted molar refractivity (Wildman–Crippen MR) is 57.1 cm³/mol. The molecule has 0 aliphatic heterocycles. The Balaban J connectivity index is 2.26. The second kappa shape index (κ2) is 3.94. The van der Waals surface area contributed by atoms with Gasteiger partial charge in [-0.05, 0) is 18.2 Å². The van der Waals surface area contributed by atoms with E-state index >= 15 is 0 Å². The Morgan fingerprint density at radius 1 is 1.60 bits per heavy atom. The molecule has 78 valence electrons.